The number of ketones is 1. The number of likely N-dealkylation sites (tertiary alicyclic amines) is 1. The lowest BCUT2D eigenvalue weighted by atomic mass is 9.76. The number of hydrogen-bond donors (Lipinski definition) is 1. The van der Waals surface area contributed by atoms with Crippen LogP contribution in [0, 0.1) is 17.7 Å². The van der Waals surface area contributed by atoms with E-state index in [-0.39, 0.29) is 35.0 Å². The largest absolute Gasteiger partial charge is 0.497 e. The van der Waals surface area contributed by atoms with Crippen LogP contribution in [-0.4, -0.2) is 35.6 Å². The summed E-state index contributed by atoms with van der Waals surface area (Å²) >= 11 is 12.8. The molecule has 0 radical (unpaired) electrons. The number of hydrogen-bond acceptors (Lipinski definition) is 4. The molecule has 6 rings (SSSR count). The topological polar surface area (TPSA) is 75.7 Å². The van der Waals surface area contributed by atoms with Crippen molar-refractivity contribution in [3.05, 3.63) is 135 Å². The number of halogens is 3. The summed E-state index contributed by atoms with van der Waals surface area (Å²) in [4.78, 5) is 44.9. The maximum Gasteiger partial charge on any atom is 0.243 e. The van der Waals surface area contributed by atoms with E-state index in [4.69, 9.17) is 27.9 Å². The Balaban J connectivity index is 1.51. The Bertz CT molecular complexity index is 1710. The fourth-order valence-electron chi connectivity index (χ4n) is 6.30. The van der Waals surface area contributed by atoms with Gasteiger partial charge in [-0.2, -0.15) is 0 Å². The van der Waals surface area contributed by atoms with Crippen LogP contribution >= 0.6 is 23.2 Å². The molecule has 0 spiro atoms. The first-order valence-electron chi connectivity index (χ1n) is 14.8. The Kier molecular flexibility index (Phi) is 8.92. The predicted molar refractivity (Wildman–Crippen MR) is 171 cm³/mol. The fourth-order valence-corrected chi connectivity index (χ4v) is 6.60. The van der Waals surface area contributed by atoms with Crippen molar-refractivity contribution in [1.29, 1.82) is 0 Å². The molecule has 2 amide bonds. The minimum Gasteiger partial charge on any atom is -0.497 e. The normalized spacial score (nSPS) is 20.9. The lowest BCUT2D eigenvalue weighted by Crippen LogP contribution is -2.49. The summed E-state index contributed by atoms with van der Waals surface area (Å²) in [6, 6.07) is 25.3. The molecule has 2 fully saturated rings. The molecule has 6 nitrogen and oxygen atoms in total. The van der Waals surface area contributed by atoms with Gasteiger partial charge in [-0.3, -0.25) is 14.4 Å². The minimum atomic E-state index is -1.02. The molecule has 1 saturated heterocycles. The maximum atomic E-state index is 14.7. The summed E-state index contributed by atoms with van der Waals surface area (Å²) in [5.74, 6) is -2.37. The zero-order valence-electron chi connectivity index (χ0n) is 24.5. The number of carbonyl (C=O) groups excluding carboxylic acids is 3. The van der Waals surface area contributed by atoms with Crippen LogP contribution in [0.4, 0.5) is 4.39 Å². The van der Waals surface area contributed by atoms with Gasteiger partial charge in [0.2, 0.25) is 11.8 Å². The van der Waals surface area contributed by atoms with E-state index in [2.05, 4.69) is 5.32 Å². The van der Waals surface area contributed by atoms with Gasteiger partial charge in [0.15, 0.2) is 5.78 Å². The Morgan fingerprint density at radius 3 is 2.18 bits per heavy atom. The minimum absolute atomic E-state index is 0.122. The lowest BCUT2D eigenvalue weighted by molar-refractivity contribution is -0.142. The van der Waals surface area contributed by atoms with Crippen LogP contribution in [-0.2, 0) is 16.1 Å². The number of methoxy groups -OCH3 is 1. The van der Waals surface area contributed by atoms with Gasteiger partial charge < -0.3 is 15.0 Å². The first-order chi connectivity index (χ1) is 21.8. The highest BCUT2D eigenvalue weighted by atomic mass is 35.5. The smallest absolute Gasteiger partial charge is 0.243 e. The van der Waals surface area contributed by atoms with Crippen molar-refractivity contribution < 1.29 is 23.5 Å². The van der Waals surface area contributed by atoms with Crippen LogP contribution in [0.2, 0.25) is 10.0 Å². The highest BCUT2D eigenvalue weighted by Gasteiger charge is 2.58. The molecule has 1 aliphatic heterocycles. The maximum absolute atomic E-state index is 14.7. The lowest BCUT2D eigenvalue weighted by Gasteiger charge is -2.32. The number of ether oxygens (including phenoxy) is 1. The van der Waals surface area contributed by atoms with Crippen molar-refractivity contribution in [3.8, 4) is 5.75 Å². The van der Waals surface area contributed by atoms with Crippen molar-refractivity contribution in [1.82, 2.24) is 10.2 Å². The molecule has 4 atom stereocenters. The second-order valence-electron chi connectivity index (χ2n) is 11.5. The third kappa shape index (κ3) is 6.33. The molecule has 9 heteroatoms. The van der Waals surface area contributed by atoms with Gasteiger partial charge in [-0.05, 0) is 78.1 Å². The van der Waals surface area contributed by atoms with Crippen LogP contribution in [0.15, 0.2) is 97.1 Å². The number of nitrogens with one attached hydrogen (secondary N) is 1. The van der Waals surface area contributed by atoms with Gasteiger partial charge in [-0.15, -0.1) is 0 Å². The van der Waals surface area contributed by atoms with E-state index < -0.39 is 29.8 Å². The average molecular weight is 646 g/mol. The van der Waals surface area contributed by atoms with Gasteiger partial charge in [0.25, 0.3) is 0 Å². The number of nitrogens with zero attached hydrogens (tertiary/aromatic N) is 1. The molecule has 230 valence electrons. The Hall–Kier alpha value is -4.20. The summed E-state index contributed by atoms with van der Waals surface area (Å²) in [7, 11) is 1.55. The third-order valence-electron chi connectivity index (χ3n) is 8.64. The fraction of sp³-hybridized carbons (Fsp3) is 0.250. The van der Waals surface area contributed by atoms with Gasteiger partial charge in [0, 0.05) is 23.9 Å². The first-order valence-corrected chi connectivity index (χ1v) is 15.5. The van der Waals surface area contributed by atoms with Crippen molar-refractivity contribution in [3.63, 3.8) is 0 Å². The van der Waals surface area contributed by atoms with E-state index in [1.807, 2.05) is 30.3 Å². The molecule has 0 aromatic heterocycles. The molecular weight excluding hydrogens is 614 g/mol. The SMILES string of the molecule is COc1ccc(C(=O)C2C(c3ccccc3)C(C(=O)NCc3ccc(F)cc3)N(C(=O)C3CC3)C2c2ccc(Cl)c(Cl)c2)cc1. The number of benzene rings is 4. The van der Waals surface area contributed by atoms with E-state index in [1.165, 1.54) is 12.1 Å². The Morgan fingerprint density at radius 2 is 1.56 bits per heavy atom. The zero-order chi connectivity index (χ0) is 31.7. The predicted octanol–water partition coefficient (Wildman–Crippen LogP) is 7.40. The summed E-state index contributed by atoms with van der Waals surface area (Å²) in [5.41, 5.74) is 2.49. The van der Waals surface area contributed by atoms with Gasteiger partial charge in [-0.25, -0.2) is 4.39 Å². The zero-order valence-corrected chi connectivity index (χ0v) is 26.0. The second-order valence-corrected chi connectivity index (χ2v) is 12.3. The number of rotatable bonds is 9. The molecule has 4 aromatic rings. The molecule has 1 saturated carbocycles. The van der Waals surface area contributed by atoms with E-state index in [0.717, 1.165) is 5.56 Å². The molecule has 45 heavy (non-hydrogen) atoms. The average Bonchev–Trinajstić information content (AvgIpc) is 3.86. The number of Topliss-reactive ketones (excluding diaryl/α,β-unsaturated/α-hetero) is 1. The standard InChI is InChI=1S/C36H31Cl2FN2O4/c1-45-27-16-11-23(12-17-27)34(42)31-30(22-5-3-2-4-6-22)33(35(43)40-20-21-7-14-26(39)15-8-21)41(36(44)24-9-10-24)32(31)25-13-18-28(37)29(38)19-25/h2-8,11-19,24,30-33H,9-10,20H2,1H3,(H,40,43). The highest BCUT2D eigenvalue weighted by Crippen LogP contribution is 2.53. The Morgan fingerprint density at radius 1 is 0.867 bits per heavy atom. The van der Waals surface area contributed by atoms with E-state index in [1.54, 1.807) is 66.6 Å². The molecular formula is C36H31Cl2FN2O4. The number of amides is 2. The summed E-state index contributed by atoms with van der Waals surface area (Å²) in [5, 5.41) is 3.60. The third-order valence-corrected chi connectivity index (χ3v) is 9.38. The monoisotopic (exact) mass is 644 g/mol. The van der Waals surface area contributed by atoms with E-state index >= 15 is 0 Å². The highest BCUT2D eigenvalue weighted by molar-refractivity contribution is 6.42. The summed E-state index contributed by atoms with van der Waals surface area (Å²) in [6.45, 7) is 0.122. The van der Waals surface area contributed by atoms with Crippen molar-refractivity contribution in [2.45, 2.75) is 37.4 Å². The van der Waals surface area contributed by atoms with Crippen LogP contribution < -0.4 is 10.1 Å². The van der Waals surface area contributed by atoms with Crippen molar-refractivity contribution in [2.24, 2.45) is 11.8 Å². The van der Waals surface area contributed by atoms with Crippen molar-refractivity contribution in [2.75, 3.05) is 7.11 Å². The molecule has 1 heterocycles. The van der Waals surface area contributed by atoms with Crippen molar-refractivity contribution >= 4 is 40.8 Å². The summed E-state index contributed by atoms with van der Waals surface area (Å²) in [6.07, 6.45) is 1.42. The van der Waals surface area contributed by atoms with Crippen LogP contribution in [0.25, 0.3) is 0 Å². The van der Waals surface area contributed by atoms with Gasteiger partial charge in [0.1, 0.15) is 17.6 Å². The molecule has 2 aliphatic rings. The molecule has 1 aliphatic carbocycles. The summed E-state index contributed by atoms with van der Waals surface area (Å²) < 4.78 is 18.9. The second kappa shape index (κ2) is 13.0. The van der Waals surface area contributed by atoms with E-state index in [0.29, 0.717) is 40.3 Å². The van der Waals surface area contributed by atoms with Gasteiger partial charge in [-0.1, -0.05) is 71.7 Å². The van der Waals surface area contributed by atoms with Crippen LogP contribution in [0.3, 0.4) is 0 Å². The van der Waals surface area contributed by atoms with Crippen LogP contribution in [0.1, 0.15) is 51.8 Å². The quantitative estimate of drug-likeness (QED) is 0.193. The van der Waals surface area contributed by atoms with Crippen LogP contribution in [0.5, 0.6) is 5.75 Å². The molecule has 4 unspecified atom stereocenters. The molecule has 1 N–H and O–H groups in total. The van der Waals surface area contributed by atoms with E-state index in [9.17, 15) is 18.8 Å². The molecule has 4 aromatic carbocycles. The first kappa shape index (κ1) is 30.8. The Labute approximate surface area is 271 Å². The molecule has 0 bridgehead atoms. The number of carbonyl (C=O) groups is 3. The van der Waals surface area contributed by atoms with Gasteiger partial charge in [0.05, 0.1) is 29.1 Å². The van der Waals surface area contributed by atoms with Gasteiger partial charge >= 0.3 is 0 Å².